The molecule has 1 aromatic heterocycles. The molecule has 35 heavy (non-hydrogen) atoms. The van der Waals surface area contributed by atoms with Gasteiger partial charge in [0.15, 0.2) is 14.9 Å². The highest BCUT2D eigenvalue weighted by Gasteiger charge is 2.37. The van der Waals surface area contributed by atoms with E-state index >= 15 is 0 Å². The number of carbonyl (C=O) groups excluding carboxylic acids is 1. The van der Waals surface area contributed by atoms with Gasteiger partial charge in [-0.05, 0) is 48.6 Å². The molecule has 0 aliphatic carbocycles. The summed E-state index contributed by atoms with van der Waals surface area (Å²) in [7, 11) is -4.07. The van der Waals surface area contributed by atoms with E-state index in [1.165, 1.54) is 0 Å². The topological polar surface area (TPSA) is 93.6 Å². The highest BCUT2D eigenvalue weighted by molar-refractivity contribution is 7.91. The quantitative estimate of drug-likeness (QED) is 0.512. The van der Waals surface area contributed by atoms with Crippen LogP contribution in [-0.4, -0.2) is 36.3 Å². The molecule has 1 aliphatic rings. The maximum absolute atomic E-state index is 13.0. The summed E-state index contributed by atoms with van der Waals surface area (Å²) in [5.41, 5.74) is 2.54. The van der Waals surface area contributed by atoms with Gasteiger partial charge in [-0.1, -0.05) is 38.5 Å². The molecule has 0 saturated carbocycles. The van der Waals surface area contributed by atoms with Gasteiger partial charge in [0.05, 0.1) is 11.3 Å². The Hall–Kier alpha value is -2.88. The number of alkyl halides is 3. The lowest BCUT2D eigenvalue weighted by atomic mass is 9.86. The van der Waals surface area contributed by atoms with Gasteiger partial charge in [0.25, 0.3) is 0 Å². The van der Waals surface area contributed by atoms with Crippen molar-refractivity contribution in [3.63, 3.8) is 0 Å². The lowest BCUT2D eigenvalue weighted by Crippen LogP contribution is -2.35. The molecule has 2 aromatic rings. The molecule has 0 saturated heterocycles. The predicted molar refractivity (Wildman–Crippen MR) is 124 cm³/mol. The lowest BCUT2D eigenvalue weighted by molar-refractivity contribution is -0.145. The minimum Gasteiger partial charge on any atom is -0.511 e. The van der Waals surface area contributed by atoms with Crippen molar-refractivity contribution in [2.24, 2.45) is 5.92 Å². The SMILES string of the molecule is CCc1cc(C)cc(CC)c1C1=C(O)CC(C(C)CS(=O)(=O)c2ccc(C(F)(F)F)cn2)OC1=O. The number of halogens is 3. The number of aliphatic hydroxyl groups excluding tert-OH is 1. The zero-order valence-corrected chi connectivity index (χ0v) is 20.8. The van der Waals surface area contributed by atoms with Crippen LogP contribution in [0.5, 0.6) is 0 Å². The van der Waals surface area contributed by atoms with Crippen LogP contribution < -0.4 is 0 Å². The molecular formula is C25H28F3NO5S. The predicted octanol–water partition coefficient (Wildman–Crippen LogP) is 5.23. The van der Waals surface area contributed by atoms with Crippen molar-refractivity contribution in [1.82, 2.24) is 4.98 Å². The number of aryl methyl sites for hydroxylation is 3. The Bertz CT molecular complexity index is 1230. The first-order valence-electron chi connectivity index (χ1n) is 11.3. The molecule has 0 fully saturated rings. The van der Waals surface area contributed by atoms with E-state index in [2.05, 4.69) is 4.98 Å². The average molecular weight is 512 g/mol. The van der Waals surface area contributed by atoms with Crippen LogP contribution in [0.2, 0.25) is 0 Å². The second-order valence-corrected chi connectivity index (χ2v) is 10.8. The van der Waals surface area contributed by atoms with Gasteiger partial charge < -0.3 is 9.84 Å². The first-order chi connectivity index (χ1) is 16.3. The van der Waals surface area contributed by atoms with Crippen LogP contribution in [0.3, 0.4) is 0 Å². The highest BCUT2D eigenvalue weighted by Crippen LogP contribution is 2.36. The van der Waals surface area contributed by atoms with Gasteiger partial charge in [-0.3, -0.25) is 0 Å². The molecule has 10 heteroatoms. The number of benzene rings is 1. The first kappa shape index (κ1) is 26.7. The van der Waals surface area contributed by atoms with Crippen molar-refractivity contribution >= 4 is 21.4 Å². The number of rotatable bonds is 7. The van der Waals surface area contributed by atoms with E-state index in [1.807, 2.05) is 32.9 Å². The van der Waals surface area contributed by atoms with Gasteiger partial charge in [-0.25, -0.2) is 18.2 Å². The molecule has 2 heterocycles. The lowest BCUT2D eigenvalue weighted by Gasteiger charge is -2.30. The zero-order valence-electron chi connectivity index (χ0n) is 19.9. The number of nitrogens with zero attached hydrogens (tertiary/aromatic N) is 1. The van der Waals surface area contributed by atoms with Gasteiger partial charge in [0.2, 0.25) is 0 Å². The Morgan fingerprint density at radius 3 is 2.23 bits per heavy atom. The Morgan fingerprint density at radius 2 is 1.77 bits per heavy atom. The van der Waals surface area contributed by atoms with Gasteiger partial charge in [-0.2, -0.15) is 13.2 Å². The summed E-state index contributed by atoms with van der Waals surface area (Å²) in [4.78, 5) is 16.5. The molecule has 1 aliphatic heterocycles. The maximum Gasteiger partial charge on any atom is 0.417 e. The zero-order chi connectivity index (χ0) is 26.1. The first-order valence-corrected chi connectivity index (χ1v) is 13.0. The third kappa shape index (κ3) is 5.69. The summed E-state index contributed by atoms with van der Waals surface area (Å²) in [6.45, 7) is 7.40. The van der Waals surface area contributed by atoms with Crippen molar-refractivity contribution in [1.29, 1.82) is 0 Å². The molecule has 1 aromatic carbocycles. The maximum atomic E-state index is 13.0. The van der Waals surface area contributed by atoms with Crippen LogP contribution in [0.4, 0.5) is 13.2 Å². The molecule has 2 atom stereocenters. The number of pyridine rings is 1. The number of aliphatic hydroxyl groups is 1. The average Bonchev–Trinajstić information content (AvgIpc) is 2.78. The molecule has 0 spiro atoms. The number of cyclic esters (lactones) is 1. The molecule has 6 nitrogen and oxygen atoms in total. The summed E-state index contributed by atoms with van der Waals surface area (Å²) in [5, 5.41) is 10.4. The highest BCUT2D eigenvalue weighted by atomic mass is 32.2. The van der Waals surface area contributed by atoms with Crippen molar-refractivity contribution in [2.75, 3.05) is 5.75 Å². The molecule has 3 rings (SSSR count). The van der Waals surface area contributed by atoms with E-state index in [0.717, 1.165) is 22.8 Å². The molecule has 2 unspecified atom stereocenters. The second-order valence-electron chi connectivity index (χ2n) is 8.78. The summed E-state index contributed by atoms with van der Waals surface area (Å²) in [6.07, 6.45) is -3.86. The van der Waals surface area contributed by atoms with Crippen LogP contribution in [0.1, 0.15) is 55.0 Å². The van der Waals surface area contributed by atoms with Gasteiger partial charge in [0.1, 0.15) is 17.4 Å². The fraction of sp³-hybridized carbons (Fsp3) is 0.440. The molecule has 0 amide bonds. The number of hydrogen-bond donors (Lipinski definition) is 1. The normalized spacial score (nSPS) is 17.9. The molecule has 0 bridgehead atoms. The van der Waals surface area contributed by atoms with Crippen molar-refractivity contribution < 1.29 is 36.2 Å². The van der Waals surface area contributed by atoms with Crippen LogP contribution in [0.25, 0.3) is 5.57 Å². The van der Waals surface area contributed by atoms with E-state index in [0.29, 0.717) is 30.7 Å². The third-order valence-corrected chi connectivity index (χ3v) is 7.95. The summed E-state index contributed by atoms with van der Waals surface area (Å²) >= 11 is 0. The summed E-state index contributed by atoms with van der Waals surface area (Å²) in [5.74, 6) is -2.16. The Balaban J connectivity index is 1.85. The number of hydrogen-bond acceptors (Lipinski definition) is 6. The fourth-order valence-corrected chi connectivity index (χ4v) is 5.87. The van der Waals surface area contributed by atoms with Crippen molar-refractivity contribution in [3.05, 3.63) is 64.0 Å². The van der Waals surface area contributed by atoms with E-state index in [-0.39, 0.29) is 17.8 Å². The van der Waals surface area contributed by atoms with Crippen LogP contribution >= 0.6 is 0 Å². The number of sulfone groups is 1. The minimum absolute atomic E-state index is 0.0710. The van der Waals surface area contributed by atoms with E-state index in [4.69, 9.17) is 4.74 Å². The number of ether oxygens (including phenoxy) is 1. The molecule has 1 N–H and O–H groups in total. The monoisotopic (exact) mass is 511 g/mol. The molecule has 190 valence electrons. The summed E-state index contributed by atoms with van der Waals surface area (Å²) < 4.78 is 69.3. The van der Waals surface area contributed by atoms with Gasteiger partial charge in [0, 0.05) is 18.5 Å². The third-order valence-electron chi connectivity index (χ3n) is 6.10. The Kier molecular flexibility index (Phi) is 7.64. The fourth-order valence-electron chi connectivity index (χ4n) is 4.30. The van der Waals surface area contributed by atoms with Crippen molar-refractivity contribution in [3.8, 4) is 0 Å². The van der Waals surface area contributed by atoms with E-state index in [1.54, 1.807) is 6.92 Å². The largest absolute Gasteiger partial charge is 0.511 e. The smallest absolute Gasteiger partial charge is 0.417 e. The van der Waals surface area contributed by atoms with Crippen LogP contribution in [0, 0.1) is 12.8 Å². The van der Waals surface area contributed by atoms with Gasteiger partial charge in [-0.15, -0.1) is 0 Å². The molecule has 0 radical (unpaired) electrons. The van der Waals surface area contributed by atoms with E-state index in [9.17, 15) is 31.5 Å². The van der Waals surface area contributed by atoms with Crippen LogP contribution in [-0.2, 0) is 38.4 Å². The standard InChI is InChI=1S/C25H28F3NO5S/c1-5-16-9-14(3)10-17(6-2)22(16)23-19(30)11-20(34-24(23)31)15(4)13-35(32,33)21-8-7-18(12-29-21)25(26,27)28/h7-10,12,15,20,30H,5-6,11,13H2,1-4H3. The van der Waals surface area contributed by atoms with Crippen molar-refractivity contribution in [2.45, 2.75) is 64.3 Å². The van der Waals surface area contributed by atoms with Crippen LogP contribution in [0.15, 0.2) is 41.2 Å². The minimum atomic E-state index is -4.63. The van der Waals surface area contributed by atoms with E-state index < -0.39 is 50.3 Å². The number of carbonyl (C=O) groups is 1. The summed E-state index contributed by atoms with van der Waals surface area (Å²) in [6, 6.07) is 5.38. The number of esters is 1. The Morgan fingerprint density at radius 1 is 1.17 bits per heavy atom. The molecular weight excluding hydrogens is 483 g/mol. The second kappa shape index (κ2) is 10.0. The Labute approximate surface area is 202 Å². The van der Waals surface area contributed by atoms with Gasteiger partial charge >= 0.3 is 12.1 Å². The number of aromatic nitrogens is 1.